The van der Waals surface area contributed by atoms with Gasteiger partial charge in [-0.05, 0) is 37.7 Å². The third-order valence-electron chi connectivity index (χ3n) is 3.14. The summed E-state index contributed by atoms with van der Waals surface area (Å²) in [6.07, 6.45) is 0. The third kappa shape index (κ3) is 4.03. The van der Waals surface area contributed by atoms with Crippen LogP contribution in [0.3, 0.4) is 0 Å². The standard InChI is InChI=1S/C14H16BrN3O2S/c1-17(2)13(14-4-3-7-21-14)9-16-11-6-5-10(15)8-12(11)18(19)20/h3-8,13,16H,9H2,1-2H3. The molecule has 0 spiro atoms. The van der Waals surface area contributed by atoms with E-state index in [2.05, 4.69) is 32.2 Å². The normalized spacial score (nSPS) is 12.4. The number of hydrogen-bond acceptors (Lipinski definition) is 5. The SMILES string of the molecule is CN(C)C(CNc1ccc(Br)cc1[N+](=O)[O-])c1cccs1. The minimum Gasteiger partial charge on any atom is -0.378 e. The van der Waals surface area contributed by atoms with Gasteiger partial charge >= 0.3 is 0 Å². The predicted molar refractivity (Wildman–Crippen MR) is 90.0 cm³/mol. The lowest BCUT2D eigenvalue weighted by Gasteiger charge is -2.24. The molecule has 1 heterocycles. The molecule has 1 atom stereocenters. The number of thiophene rings is 1. The highest BCUT2D eigenvalue weighted by Crippen LogP contribution is 2.30. The number of nitrogens with zero attached hydrogens (tertiary/aromatic N) is 2. The van der Waals surface area contributed by atoms with Crippen molar-refractivity contribution < 1.29 is 4.92 Å². The van der Waals surface area contributed by atoms with Gasteiger partial charge in [-0.3, -0.25) is 10.1 Å². The highest BCUT2D eigenvalue weighted by molar-refractivity contribution is 9.10. The Balaban J connectivity index is 2.16. The van der Waals surface area contributed by atoms with Gasteiger partial charge in [-0.2, -0.15) is 0 Å². The molecule has 1 unspecified atom stereocenters. The second-order valence-corrected chi connectivity index (χ2v) is 6.69. The molecule has 0 radical (unpaired) electrons. The molecule has 1 aromatic carbocycles. The van der Waals surface area contributed by atoms with Gasteiger partial charge in [0.2, 0.25) is 0 Å². The Hall–Kier alpha value is -1.44. The number of nitro benzene ring substituents is 1. The van der Waals surface area contributed by atoms with Crippen LogP contribution in [0.15, 0.2) is 40.2 Å². The van der Waals surface area contributed by atoms with E-state index in [0.29, 0.717) is 16.7 Å². The number of benzene rings is 1. The summed E-state index contributed by atoms with van der Waals surface area (Å²) in [5.74, 6) is 0. The predicted octanol–water partition coefficient (Wildman–Crippen LogP) is 4.13. The summed E-state index contributed by atoms with van der Waals surface area (Å²) in [4.78, 5) is 14.1. The fourth-order valence-electron chi connectivity index (χ4n) is 2.03. The zero-order valence-electron chi connectivity index (χ0n) is 11.7. The number of halogens is 1. The van der Waals surface area contributed by atoms with Crippen LogP contribution in [0.5, 0.6) is 0 Å². The van der Waals surface area contributed by atoms with Crippen molar-refractivity contribution in [2.24, 2.45) is 0 Å². The number of anilines is 1. The van der Waals surface area contributed by atoms with Crippen molar-refractivity contribution in [3.05, 3.63) is 55.2 Å². The van der Waals surface area contributed by atoms with Crippen LogP contribution >= 0.6 is 27.3 Å². The van der Waals surface area contributed by atoms with Gasteiger partial charge in [-0.25, -0.2) is 0 Å². The van der Waals surface area contributed by atoms with Crippen molar-refractivity contribution in [1.29, 1.82) is 0 Å². The van der Waals surface area contributed by atoms with Crippen molar-refractivity contribution >= 4 is 38.6 Å². The molecule has 0 saturated carbocycles. The van der Waals surface area contributed by atoms with Gasteiger partial charge in [-0.1, -0.05) is 22.0 Å². The molecule has 2 aromatic rings. The van der Waals surface area contributed by atoms with E-state index in [4.69, 9.17) is 0 Å². The zero-order chi connectivity index (χ0) is 15.4. The fourth-order valence-corrected chi connectivity index (χ4v) is 3.30. The van der Waals surface area contributed by atoms with Crippen molar-refractivity contribution in [1.82, 2.24) is 4.90 Å². The molecule has 0 aliphatic rings. The van der Waals surface area contributed by atoms with E-state index in [1.807, 2.05) is 25.5 Å². The van der Waals surface area contributed by atoms with Crippen LogP contribution in [-0.4, -0.2) is 30.5 Å². The van der Waals surface area contributed by atoms with Crippen LogP contribution in [0, 0.1) is 10.1 Å². The summed E-state index contributed by atoms with van der Waals surface area (Å²) >= 11 is 4.94. The van der Waals surface area contributed by atoms with E-state index in [9.17, 15) is 10.1 Å². The monoisotopic (exact) mass is 369 g/mol. The van der Waals surface area contributed by atoms with Gasteiger partial charge in [0.05, 0.1) is 11.0 Å². The lowest BCUT2D eigenvalue weighted by Crippen LogP contribution is -2.26. The topological polar surface area (TPSA) is 58.4 Å². The molecule has 7 heteroatoms. The molecule has 0 fully saturated rings. The fraction of sp³-hybridized carbons (Fsp3) is 0.286. The summed E-state index contributed by atoms with van der Waals surface area (Å²) in [5.41, 5.74) is 0.611. The minimum absolute atomic E-state index is 0.0769. The second-order valence-electron chi connectivity index (χ2n) is 4.79. The molecule has 0 aliphatic carbocycles. The molecular formula is C14H16BrN3O2S. The smallest absolute Gasteiger partial charge is 0.293 e. The molecular weight excluding hydrogens is 354 g/mol. The van der Waals surface area contributed by atoms with Crippen LogP contribution in [0.1, 0.15) is 10.9 Å². The van der Waals surface area contributed by atoms with Crippen molar-refractivity contribution in [2.75, 3.05) is 26.0 Å². The van der Waals surface area contributed by atoms with Crippen molar-refractivity contribution in [3.8, 4) is 0 Å². The molecule has 1 aromatic heterocycles. The highest BCUT2D eigenvalue weighted by atomic mass is 79.9. The summed E-state index contributed by atoms with van der Waals surface area (Å²) in [6.45, 7) is 0.607. The quantitative estimate of drug-likeness (QED) is 0.614. The molecule has 5 nitrogen and oxygen atoms in total. The van der Waals surface area contributed by atoms with E-state index < -0.39 is 0 Å². The molecule has 0 aliphatic heterocycles. The van der Waals surface area contributed by atoms with E-state index >= 15 is 0 Å². The maximum Gasteiger partial charge on any atom is 0.293 e. The van der Waals surface area contributed by atoms with Gasteiger partial charge in [-0.15, -0.1) is 11.3 Å². The van der Waals surface area contributed by atoms with Crippen LogP contribution < -0.4 is 5.32 Å². The summed E-state index contributed by atoms with van der Waals surface area (Å²) in [7, 11) is 4.00. The molecule has 2 rings (SSSR count). The Morgan fingerprint density at radius 1 is 1.43 bits per heavy atom. The molecule has 0 amide bonds. The highest BCUT2D eigenvalue weighted by Gasteiger charge is 2.18. The molecule has 0 bridgehead atoms. The van der Waals surface area contributed by atoms with E-state index in [0.717, 1.165) is 0 Å². The van der Waals surface area contributed by atoms with E-state index in [1.165, 1.54) is 10.9 Å². The van der Waals surface area contributed by atoms with Gasteiger partial charge in [0.15, 0.2) is 0 Å². The maximum atomic E-state index is 11.1. The van der Waals surface area contributed by atoms with E-state index in [1.54, 1.807) is 23.5 Å². The minimum atomic E-state index is -0.372. The van der Waals surface area contributed by atoms with Gasteiger partial charge in [0, 0.05) is 22.0 Å². The first-order chi connectivity index (χ1) is 9.99. The number of hydrogen-bond donors (Lipinski definition) is 1. The third-order valence-corrected chi connectivity index (χ3v) is 4.60. The van der Waals surface area contributed by atoms with Crippen molar-refractivity contribution in [2.45, 2.75) is 6.04 Å². The average molecular weight is 370 g/mol. The summed E-state index contributed by atoms with van der Waals surface area (Å²) < 4.78 is 0.696. The number of likely N-dealkylation sites (N-methyl/N-ethyl adjacent to an activating group) is 1. The zero-order valence-corrected chi connectivity index (χ0v) is 14.1. The van der Waals surface area contributed by atoms with Gasteiger partial charge in [0.1, 0.15) is 5.69 Å². The largest absolute Gasteiger partial charge is 0.378 e. The van der Waals surface area contributed by atoms with Gasteiger partial charge < -0.3 is 10.2 Å². The maximum absolute atomic E-state index is 11.1. The lowest BCUT2D eigenvalue weighted by atomic mass is 10.2. The van der Waals surface area contributed by atoms with Crippen LogP contribution in [0.25, 0.3) is 0 Å². The lowest BCUT2D eigenvalue weighted by molar-refractivity contribution is -0.384. The first kappa shape index (κ1) is 15.9. The summed E-state index contributed by atoms with van der Waals surface area (Å²) in [5, 5.41) is 16.3. The number of nitrogens with one attached hydrogen (secondary N) is 1. The summed E-state index contributed by atoms with van der Waals surface area (Å²) in [6, 6.07) is 9.30. The number of rotatable bonds is 6. The van der Waals surface area contributed by atoms with Gasteiger partial charge in [0.25, 0.3) is 5.69 Å². The first-order valence-electron chi connectivity index (χ1n) is 6.36. The molecule has 1 N–H and O–H groups in total. The second kappa shape index (κ2) is 7.02. The first-order valence-corrected chi connectivity index (χ1v) is 8.04. The van der Waals surface area contributed by atoms with Crippen LogP contribution in [-0.2, 0) is 0 Å². The van der Waals surface area contributed by atoms with Crippen molar-refractivity contribution in [3.63, 3.8) is 0 Å². The van der Waals surface area contributed by atoms with Crippen LogP contribution in [0.2, 0.25) is 0 Å². The Kier molecular flexibility index (Phi) is 5.33. The van der Waals surface area contributed by atoms with E-state index in [-0.39, 0.29) is 16.7 Å². The Bertz CT molecular complexity index is 617. The Morgan fingerprint density at radius 2 is 2.19 bits per heavy atom. The number of nitro groups is 1. The molecule has 112 valence electrons. The molecule has 0 saturated heterocycles. The Morgan fingerprint density at radius 3 is 2.76 bits per heavy atom. The average Bonchev–Trinajstić information content (AvgIpc) is 2.93. The van der Waals surface area contributed by atoms with Crippen LogP contribution in [0.4, 0.5) is 11.4 Å². The Labute approximate surface area is 135 Å². The molecule has 21 heavy (non-hydrogen) atoms.